The zero-order valence-electron chi connectivity index (χ0n) is 18.3. The molecule has 1 aromatic heterocycles. The third kappa shape index (κ3) is 4.83. The van der Waals surface area contributed by atoms with Crippen LogP contribution < -0.4 is 4.74 Å². The zero-order valence-corrected chi connectivity index (χ0v) is 18.3. The second kappa shape index (κ2) is 9.32. The van der Waals surface area contributed by atoms with Gasteiger partial charge in [0.1, 0.15) is 18.1 Å². The number of amides is 1. The van der Waals surface area contributed by atoms with Gasteiger partial charge < -0.3 is 18.9 Å². The van der Waals surface area contributed by atoms with Crippen molar-refractivity contribution in [3.05, 3.63) is 46.8 Å². The molecule has 0 bridgehead atoms. The Labute approximate surface area is 177 Å². The fourth-order valence-corrected chi connectivity index (χ4v) is 3.92. The molecule has 1 aliphatic heterocycles. The van der Waals surface area contributed by atoms with E-state index in [0.717, 1.165) is 30.5 Å². The van der Waals surface area contributed by atoms with Crippen molar-refractivity contribution in [1.82, 2.24) is 10.1 Å². The molecule has 3 rings (SSSR count). The summed E-state index contributed by atoms with van der Waals surface area (Å²) in [5.41, 5.74) is 1.99. The molecule has 7 nitrogen and oxygen atoms in total. The van der Waals surface area contributed by atoms with Crippen LogP contribution in [0.5, 0.6) is 5.75 Å². The Morgan fingerprint density at radius 3 is 2.57 bits per heavy atom. The van der Waals surface area contributed by atoms with Crippen LogP contribution in [-0.4, -0.2) is 40.1 Å². The van der Waals surface area contributed by atoms with E-state index in [0.29, 0.717) is 23.7 Å². The molecule has 30 heavy (non-hydrogen) atoms. The van der Waals surface area contributed by atoms with Crippen LogP contribution in [-0.2, 0) is 16.1 Å². The monoisotopic (exact) mass is 414 g/mol. The maximum atomic E-state index is 12.9. The van der Waals surface area contributed by atoms with Gasteiger partial charge in [0.05, 0.1) is 16.8 Å². The Bertz CT molecular complexity index is 877. The summed E-state index contributed by atoms with van der Waals surface area (Å²) in [5.74, 6) is 0.545. The van der Waals surface area contributed by atoms with Crippen molar-refractivity contribution in [1.29, 1.82) is 0 Å². The van der Waals surface area contributed by atoms with Gasteiger partial charge in [-0.3, -0.25) is 4.79 Å². The van der Waals surface area contributed by atoms with Crippen LogP contribution in [0.4, 0.5) is 0 Å². The number of piperidine rings is 1. The van der Waals surface area contributed by atoms with E-state index in [-0.39, 0.29) is 18.0 Å². The van der Waals surface area contributed by atoms with Gasteiger partial charge in [0, 0.05) is 12.1 Å². The highest BCUT2D eigenvalue weighted by Gasteiger charge is 2.33. The lowest BCUT2D eigenvalue weighted by Crippen LogP contribution is -2.51. The van der Waals surface area contributed by atoms with Gasteiger partial charge in [-0.25, -0.2) is 4.79 Å². The average molecular weight is 415 g/mol. The minimum atomic E-state index is -0.840. The Hall–Kier alpha value is -2.83. The molecular weight excluding hydrogens is 384 g/mol. The molecule has 0 aliphatic carbocycles. The number of aryl methyl sites for hydroxylation is 2. The van der Waals surface area contributed by atoms with Gasteiger partial charge in [-0.15, -0.1) is 0 Å². The van der Waals surface area contributed by atoms with Crippen LogP contribution in [0, 0.1) is 13.8 Å². The summed E-state index contributed by atoms with van der Waals surface area (Å²) in [6.07, 6.45) is 2.22. The molecule has 1 aliphatic rings. The summed E-state index contributed by atoms with van der Waals surface area (Å²) in [5, 5.41) is 3.91. The summed E-state index contributed by atoms with van der Waals surface area (Å²) in [4.78, 5) is 27.3. The van der Waals surface area contributed by atoms with Crippen molar-refractivity contribution in [3.8, 4) is 5.75 Å². The van der Waals surface area contributed by atoms with E-state index in [1.807, 2.05) is 32.6 Å². The molecule has 162 valence electrons. The molecule has 2 aromatic rings. The average Bonchev–Trinajstić information content (AvgIpc) is 3.03. The maximum absolute atomic E-state index is 12.9. The number of aromatic nitrogens is 1. The SMILES string of the molecule is Cc1noc(C)c1COc1cccc(C(=O)O[C@H](C)C(=O)N2[C@@H](C)CCC[C@@H]2C)c1. The van der Waals surface area contributed by atoms with E-state index in [2.05, 4.69) is 5.16 Å². The third-order valence-electron chi connectivity index (χ3n) is 5.71. The highest BCUT2D eigenvalue weighted by Crippen LogP contribution is 2.24. The van der Waals surface area contributed by atoms with Crippen LogP contribution >= 0.6 is 0 Å². The molecule has 1 saturated heterocycles. The predicted octanol–water partition coefficient (Wildman–Crippen LogP) is 4.21. The van der Waals surface area contributed by atoms with Crippen molar-refractivity contribution in [2.45, 2.75) is 78.7 Å². The molecule has 1 amide bonds. The number of benzene rings is 1. The molecule has 0 unspecified atom stereocenters. The quantitative estimate of drug-likeness (QED) is 0.659. The van der Waals surface area contributed by atoms with Gasteiger partial charge in [0.2, 0.25) is 0 Å². The first-order valence-electron chi connectivity index (χ1n) is 10.5. The molecule has 0 N–H and O–H groups in total. The first kappa shape index (κ1) is 21.9. The van der Waals surface area contributed by atoms with Crippen molar-refractivity contribution in [2.75, 3.05) is 0 Å². The number of carbonyl (C=O) groups is 2. The van der Waals surface area contributed by atoms with Gasteiger partial charge in [0.25, 0.3) is 5.91 Å². The van der Waals surface area contributed by atoms with Crippen molar-refractivity contribution >= 4 is 11.9 Å². The normalized spacial score (nSPS) is 20.0. The second-order valence-electron chi connectivity index (χ2n) is 8.04. The number of likely N-dealkylation sites (tertiary alicyclic amines) is 1. The molecule has 1 fully saturated rings. The fraction of sp³-hybridized carbons (Fsp3) is 0.522. The molecule has 7 heteroatoms. The second-order valence-corrected chi connectivity index (χ2v) is 8.04. The van der Waals surface area contributed by atoms with Gasteiger partial charge in [-0.05, 0) is 72.1 Å². The maximum Gasteiger partial charge on any atom is 0.339 e. The van der Waals surface area contributed by atoms with Gasteiger partial charge in [0.15, 0.2) is 6.10 Å². The van der Waals surface area contributed by atoms with Crippen LogP contribution in [0.1, 0.15) is 67.4 Å². The fourth-order valence-electron chi connectivity index (χ4n) is 3.92. The Morgan fingerprint density at radius 2 is 1.93 bits per heavy atom. The Kier molecular flexibility index (Phi) is 6.80. The highest BCUT2D eigenvalue weighted by atomic mass is 16.5. The zero-order chi connectivity index (χ0) is 21.8. The molecule has 0 spiro atoms. The largest absolute Gasteiger partial charge is 0.489 e. The van der Waals surface area contributed by atoms with Crippen molar-refractivity contribution in [2.24, 2.45) is 0 Å². The molecule has 3 atom stereocenters. The lowest BCUT2D eigenvalue weighted by atomic mass is 9.97. The van der Waals surface area contributed by atoms with E-state index in [9.17, 15) is 9.59 Å². The Balaban J connectivity index is 1.62. The predicted molar refractivity (Wildman–Crippen MR) is 111 cm³/mol. The topological polar surface area (TPSA) is 81.9 Å². The first-order valence-corrected chi connectivity index (χ1v) is 10.5. The van der Waals surface area contributed by atoms with Gasteiger partial charge in [-0.1, -0.05) is 11.2 Å². The van der Waals surface area contributed by atoms with Gasteiger partial charge in [-0.2, -0.15) is 0 Å². The summed E-state index contributed by atoms with van der Waals surface area (Å²) < 4.78 is 16.4. The number of ether oxygens (including phenoxy) is 2. The summed E-state index contributed by atoms with van der Waals surface area (Å²) in [6, 6.07) is 7.06. The molecular formula is C23H30N2O5. The van der Waals surface area contributed by atoms with Crippen LogP contribution in [0.2, 0.25) is 0 Å². The number of esters is 1. The van der Waals surface area contributed by atoms with Crippen LogP contribution in [0.25, 0.3) is 0 Å². The van der Waals surface area contributed by atoms with E-state index < -0.39 is 12.1 Å². The van der Waals surface area contributed by atoms with Gasteiger partial charge >= 0.3 is 5.97 Å². The van der Waals surface area contributed by atoms with Crippen molar-refractivity contribution in [3.63, 3.8) is 0 Å². The van der Waals surface area contributed by atoms with Crippen LogP contribution in [0.3, 0.4) is 0 Å². The number of hydrogen-bond donors (Lipinski definition) is 0. The van der Waals surface area contributed by atoms with E-state index in [1.165, 1.54) is 0 Å². The van der Waals surface area contributed by atoms with Crippen molar-refractivity contribution < 1.29 is 23.6 Å². The third-order valence-corrected chi connectivity index (χ3v) is 5.71. The lowest BCUT2D eigenvalue weighted by Gasteiger charge is -2.40. The molecule has 0 radical (unpaired) electrons. The number of rotatable bonds is 6. The number of nitrogens with zero attached hydrogens (tertiary/aromatic N) is 2. The minimum absolute atomic E-state index is 0.145. The smallest absolute Gasteiger partial charge is 0.339 e. The Morgan fingerprint density at radius 1 is 1.23 bits per heavy atom. The molecule has 1 aromatic carbocycles. The highest BCUT2D eigenvalue weighted by molar-refractivity contribution is 5.92. The number of carbonyl (C=O) groups excluding carboxylic acids is 2. The summed E-state index contributed by atoms with van der Waals surface area (Å²) in [7, 11) is 0. The summed E-state index contributed by atoms with van der Waals surface area (Å²) in [6.45, 7) is 9.69. The first-order chi connectivity index (χ1) is 14.3. The summed E-state index contributed by atoms with van der Waals surface area (Å²) >= 11 is 0. The minimum Gasteiger partial charge on any atom is -0.489 e. The van der Waals surface area contributed by atoms with E-state index in [1.54, 1.807) is 31.2 Å². The standard InChI is InChI=1S/C23H30N2O5/c1-14-8-6-9-15(2)25(14)22(26)18(5)29-23(27)19-10-7-11-20(12-19)28-13-21-16(3)24-30-17(21)4/h7,10-12,14-15,18H,6,8-9,13H2,1-5H3/t14-,15-,18+/m0/s1. The molecule has 0 saturated carbocycles. The number of hydrogen-bond acceptors (Lipinski definition) is 6. The van der Waals surface area contributed by atoms with E-state index in [4.69, 9.17) is 14.0 Å². The lowest BCUT2D eigenvalue weighted by molar-refractivity contribution is -0.146. The van der Waals surface area contributed by atoms with Crippen LogP contribution in [0.15, 0.2) is 28.8 Å². The molecule has 2 heterocycles. The van der Waals surface area contributed by atoms with E-state index >= 15 is 0 Å².